The summed E-state index contributed by atoms with van der Waals surface area (Å²) in [6.45, 7) is 0. The van der Waals surface area contributed by atoms with Crippen LogP contribution in [0.2, 0.25) is 0 Å². The fourth-order valence-electron chi connectivity index (χ4n) is 4.27. The van der Waals surface area contributed by atoms with E-state index < -0.39 is 10.0 Å². The number of carbonyl (C=O) groups excluding carboxylic acids is 2. The molecule has 3 saturated heterocycles. The standard InChI is InChI=1S/C14H20N2O4S/c17-13-5-6-14(18)15(13)11-7-9-1-2-10(8-11)16(9)21(19,20)12-3-4-12/h9-12H,1-8H2. The van der Waals surface area contributed by atoms with Gasteiger partial charge in [0.1, 0.15) is 0 Å². The lowest BCUT2D eigenvalue weighted by Crippen LogP contribution is -2.54. The second-order valence-corrected chi connectivity index (χ2v) is 8.86. The molecule has 1 saturated carbocycles. The van der Waals surface area contributed by atoms with Crippen molar-refractivity contribution < 1.29 is 18.0 Å². The summed E-state index contributed by atoms with van der Waals surface area (Å²) >= 11 is 0. The molecule has 1 aliphatic carbocycles. The van der Waals surface area contributed by atoms with E-state index in [0.29, 0.717) is 25.7 Å². The molecule has 21 heavy (non-hydrogen) atoms. The average molecular weight is 312 g/mol. The van der Waals surface area contributed by atoms with Crippen molar-refractivity contribution >= 4 is 21.8 Å². The van der Waals surface area contributed by atoms with Crippen LogP contribution in [0.15, 0.2) is 0 Å². The van der Waals surface area contributed by atoms with Gasteiger partial charge in [0.15, 0.2) is 0 Å². The van der Waals surface area contributed by atoms with E-state index in [1.54, 1.807) is 4.31 Å². The second kappa shape index (κ2) is 4.52. The Hall–Kier alpha value is -0.950. The number of carbonyl (C=O) groups is 2. The lowest BCUT2D eigenvalue weighted by Gasteiger charge is -2.40. The predicted octanol–water partition coefficient (Wildman–Crippen LogP) is 0.623. The van der Waals surface area contributed by atoms with Crippen LogP contribution in [-0.4, -0.2) is 52.8 Å². The highest BCUT2D eigenvalue weighted by Gasteiger charge is 2.53. The van der Waals surface area contributed by atoms with E-state index in [9.17, 15) is 18.0 Å². The normalized spacial score (nSPS) is 37.5. The van der Waals surface area contributed by atoms with Gasteiger partial charge in [-0.1, -0.05) is 0 Å². The third kappa shape index (κ3) is 2.04. The molecule has 0 aromatic carbocycles. The quantitative estimate of drug-likeness (QED) is 0.716. The zero-order chi connectivity index (χ0) is 14.8. The highest BCUT2D eigenvalue weighted by Crippen LogP contribution is 2.44. The smallest absolute Gasteiger partial charge is 0.229 e. The van der Waals surface area contributed by atoms with Crippen molar-refractivity contribution in [3.05, 3.63) is 0 Å². The summed E-state index contributed by atoms with van der Waals surface area (Å²) in [5.74, 6) is -0.161. The van der Waals surface area contributed by atoms with Crippen molar-refractivity contribution in [2.75, 3.05) is 0 Å². The molecule has 0 spiro atoms. The molecular formula is C14H20N2O4S. The van der Waals surface area contributed by atoms with Gasteiger partial charge in [-0.2, -0.15) is 4.31 Å². The Balaban J connectivity index is 1.56. The summed E-state index contributed by atoms with van der Waals surface area (Å²) in [4.78, 5) is 25.2. The molecule has 0 aromatic heterocycles. The Morgan fingerprint density at radius 2 is 1.33 bits per heavy atom. The first-order valence-electron chi connectivity index (χ1n) is 7.85. The number of sulfonamides is 1. The number of likely N-dealkylation sites (tertiary alicyclic amines) is 1. The molecule has 6 nitrogen and oxygen atoms in total. The van der Waals surface area contributed by atoms with E-state index in [1.165, 1.54) is 4.90 Å². The Morgan fingerprint density at radius 1 is 0.810 bits per heavy atom. The van der Waals surface area contributed by atoms with Gasteiger partial charge in [0, 0.05) is 31.0 Å². The van der Waals surface area contributed by atoms with E-state index in [2.05, 4.69) is 0 Å². The molecule has 0 N–H and O–H groups in total. The number of hydrogen-bond donors (Lipinski definition) is 0. The van der Waals surface area contributed by atoms with Crippen LogP contribution in [0.25, 0.3) is 0 Å². The van der Waals surface area contributed by atoms with Gasteiger partial charge < -0.3 is 0 Å². The summed E-state index contributed by atoms with van der Waals surface area (Å²) in [6.07, 6.45) is 5.17. The maximum Gasteiger partial charge on any atom is 0.229 e. The van der Waals surface area contributed by atoms with Crippen LogP contribution in [-0.2, 0) is 19.6 Å². The SMILES string of the molecule is O=C1CCC(=O)N1C1CC2CCC(C1)N2S(=O)(=O)C1CC1. The first-order chi connectivity index (χ1) is 9.98. The molecule has 7 heteroatoms. The molecule has 3 heterocycles. The zero-order valence-electron chi connectivity index (χ0n) is 11.9. The highest BCUT2D eigenvalue weighted by atomic mass is 32.2. The molecule has 0 aromatic rings. The molecule has 0 radical (unpaired) electrons. The van der Waals surface area contributed by atoms with Crippen molar-refractivity contribution in [2.45, 2.75) is 74.7 Å². The van der Waals surface area contributed by atoms with Crippen LogP contribution in [0.3, 0.4) is 0 Å². The fourth-order valence-corrected chi connectivity index (χ4v) is 6.56. The van der Waals surface area contributed by atoms with Gasteiger partial charge in [-0.25, -0.2) is 8.42 Å². The van der Waals surface area contributed by atoms with Crippen molar-refractivity contribution in [1.82, 2.24) is 9.21 Å². The number of fused-ring (bicyclic) bond motifs is 2. The average Bonchev–Trinajstić information content (AvgIpc) is 3.18. The van der Waals surface area contributed by atoms with Gasteiger partial charge >= 0.3 is 0 Å². The lowest BCUT2D eigenvalue weighted by atomic mass is 9.98. The van der Waals surface area contributed by atoms with Crippen LogP contribution >= 0.6 is 0 Å². The highest BCUT2D eigenvalue weighted by molar-refractivity contribution is 7.90. The van der Waals surface area contributed by atoms with E-state index >= 15 is 0 Å². The number of piperidine rings is 1. The van der Waals surface area contributed by atoms with Crippen LogP contribution in [0.1, 0.15) is 51.4 Å². The molecular weight excluding hydrogens is 292 g/mol. The number of nitrogens with zero attached hydrogens (tertiary/aromatic N) is 2. The summed E-state index contributed by atoms with van der Waals surface area (Å²) in [5.41, 5.74) is 0. The maximum atomic E-state index is 12.5. The Morgan fingerprint density at radius 3 is 1.81 bits per heavy atom. The monoisotopic (exact) mass is 312 g/mol. The molecule has 2 unspecified atom stereocenters. The summed E-state index contributed by atoms with van der Waals surface area (Å²) in [6, 6.07) is -0.114. The van der Waals surface area contributed by atoms with Gasteiger partial charge in [-0.15, -0.1) is 0 Å². The van der Waals surface area contributed by atoms with Crippen molar-refractivity contribution in [2.24, 2.45) is 0 Å². The predicted molar refractivity (Wildman–Crippen MR) is 74.7 cm³/mol. The minimum Gasteiger partial charge on any atom is -0.279 e. The van der Waals surface area contributed by atoms with E-state index in [1.807, 2.05) is 0 Å². The van der Waals surface area contributed by atoms with Crippen molar-refractivity contribution in [1.29, 1.82) is 0 Å². The van der Waals surface area contributed by atoms with Gasteiger partial charge in [-0.05, 0) is 38.5 Å². The number of hydrogen-bond acceptors (Lipinski definition) is 4. The lowest BCUT2D eigenvalue weighted by molar-refractivity contribution is -0.142. The minimum absolute atomic E-state index is 0.0134. The summed E-state index contributed by atoms with van der Waals surface area (Å²) in [5, 5.41) is -0.174. The van der Waals surface area contributed by atoms with Crippen LogP contribution < -0.4 is 0 Å². The Labute approximate surface area is 124 Å². The van der Waals surface area contributed by atoms with Crippen LogP contribution in [0.4, 0.5) is 0 Å². The van der Waals surface area contributed by atoms with Crippen LogP contribution in [0.5, 0.6) is 0 Å². The van der Waals surface area contributed by atoms with Gasteiger partial charge in [0.05, 0.1) is 5.25 Å². The van der Waals surface area contributed by atoms with E-state index in [4.69, 9.17) is 0 Å². The molecule has 4 fully saturated rings. The zero-order valence-corrected chi connectivity index (χ0v) is 12.7. The van der Waals surface area contributed by atoms with E-state index in [-0.39, 0.29) is 35.2 Å². The molecule has 2 bridgehead atoms. The largest absolute Gasteiger partial charge is 0.279 e. The molecule has 2 atom stereocenters. The number of rotatable bonds is 3. The minimum atomic E-state index is -3.15. The van der Waals surface area contributed by atoms with Gasteiger partial charge in [0.2, 0.25) is 21.8 Å². The topological polar surface area (TPSA) is 74.8 Å². The molecule has 4 aliphatic rings. The Bertz CT molecular complexity index is 568. The number of imide groups is 1. The maximum absolute atomic E-state index is 12.5. The van der Waals surface area contributed by atoms with Gasteiger partial charge in [0.25, 0.3) is 0 Å². The second-order valence-electron chi connectivity index (χ2n) is 6.74. The first kappa shape index (κ1) is 13.7. The number of amides is 2. The Kier molecular flexibility index (Phi) is 2.95. The van der Waals surface area contributed by atoms with Gasteiger partial charge in [-0.3, -0.25) is 14.5 Å². The molecule has 116 valence electrons. The first-order valence-corrected chi connectivity index (χ1v) is 9.36. The third-order valence-electron chi connectivity index (χ3n) is 5.34. The van der Waals surface area contributed by atoms with E-state index in [0.717, 1.165) is 25.7 Å². The van der Waals surface area contributed by atoms with Crippen molar-refractivity contribution in [3.63, 3.8) is 0 Å². The molecule has 3 aliphatic heterocycles. The molecule has 4 rings (SSSR count). The van der Waals surface area contributed by atoms with Crippen molar-refractivity contribution in [3.8, 4) is 0 Å². The van der Waals surface area contributed by atoms with Crippen LogP contribution in [0, 0.1) is 0 Å². The molecule has 2 amide bonds. The summed E-state index contributed by atoms with van der Waals surface area (Å²) < 4.78 is 26.8. The summed E-state index contributed by atoms with van der Waals surface area (Å²) in [7, 11) is -3.15. The third-order valence-corrected chi connectivity index (χ3v) is 7.83. The fraction of sp³-hybridized carbons (Fsp3) is 0.857.